The van der Waals surface area contributed by atoms with Crippen molar-refractivity contribution in [3.8, 4) is 6.07 Å². The van der Waals surface area contributed by atoms with Gasteiger partial charge in [-0.05, 0) is 27.1 Å². The number of nitrogen functional groups attached to an aromatic ring is 1. The maximum Gasteiger partial charge on any atom is 0.150 e. The molecular formula is C11H17N5. The molecule has 0 aliphatic heterocycles. The standard InChI is InChI=1S/C11H17N5/c1-8(7-16(2)3)15-11-10(13)9(6-12)4-5-14-11/h4-5,8H,7,13H2,1-3H3,(H,14,15). The average Bonchev–Trinajstić information content (AvgIpc) is 2.20. The summed E-state index contributed by atoms with van der Waals surface area (Å²) in [5.74, 6) is 0.577. The van der Waals surface area contributed by atoms with Crippen LogP contribution in [0.25, 0.3) is 0 Å². The molecule has 16 heavy (non-hydrogen) atoms. The Hall–Kier alpha value is -1.80. The predicted octanol–water partition coefficient (Wildman–Crippen LogP) is 0.897. The highest BCUT2D eigenvalue weighted by Gasteiger charge is 2.09. The normalized spacial score (nSPS) is 12.2. The largest absolute Gasteiger partial charge is 0.395 e. The van der Waals surface area contributed by atoms with Gasteiger partial charge in [-0.3, -0.25) is 0 Å². The number of nitrogens with two attached hydrogens (primary N) is 1. The van der Waals surface area contributed by atoms with Crippen LogP contribution >= 0.6 is 0 Å². The molecule has 3 N–H and O–H groups in total. The molecule has 5 heteroatoms. The Bertz CT molecular complexity index is 394. The highest BCUT2D eigenvalue weighted by molar-refractivity contribution is 5.69. The molecule has 0 radical (unpaired) electrons. The molecule has 5 nitrogen and oxygen atoms in total. The number of aromatic nitrogens is 1. The van der Waals surface area contributed by atoms with Gasteiger partial charge >= 0.3 is 0 Å². The van der Waals surface area contributed by atoms with Crippen molar-refractivity contribution in [1.82, 2.24) is 9.88 Å². The number of pyridine rings is 1. The van der Waals surface area contributed by atoms with Crippen molar-refractivity contribution in [2.24, 2.45) is 0 Å². The lowest BCUT2D eigenvalue weighted by Gasteiger charge is -2.19. The Morgan fingerprint density at radius 3 is 2.88 bits per heavy atom. The summed E-state index contributed by atoms with van der Waals surface area (Å²) in [5, 5.41) is 12.0. The molecule has 1 atom stereocenters. The van der Waals surface area contributed by atoms with E-state index in [1.165, 1.54) is 0 Å². The van der Waals surface area contributed by atoms with Gasteiger partial charge in [-0.2, -0.15) is 5.26 Å². The fourth-order valence-corrected chi connectivity index (χ4v) is 1.51. The zero-order valence-electron chi connectivity index (χ0n) is 9.86. The fraction of sp³-hybridized carbons (Fsp3) is 0.455. The summed E-state index contributed by atoms with van der Waals surface area (Å²) in [6.07, 6.45) is 1.58. The van der Waals surface area contributed by atoms with E-state index in [1.807, 2.05) is 27.1 Å². The minimum atomic E-state index is 0.221. The summed E-state index contributed by atoms with van der Waals surface area (Å²) in [5.41, 5.74) is 6.68. The van der Waals surface area contributed by atoms with Gasteiger partial charge in [-0.1, -0.05) is 0 Å². The first-order valence-corrected chi connectivity index (χ1v) is 5.10. The van der Waals surface area contributed by atoms with Gasteiger partial charge in [0.15, 0.2) is 5.82 Å². The van der Waals surface area contributed by atoms with Gasteiger partial charge in [0, 0.05) is 18.8 Å². The van der Waals surface area contributed by atoms with Gasteiger partial charge in [-0.25, -0.2) is 4.98 Å². The van der Waals surface area contributed by atoms with Crippen LogP contribution in [0, 0.1) is 11.3 Å². The highest BCUT2D eigenvalue weighted by atomic mass is 15.1. The Labute approximate surface area is 95.9 Å². The Morgan fingerprint density at radius 2 is 2.31 bits per heavy atom. The lowest BCUT2D eigenvalue weighted by molar-refractivity contribution is 0.392. The number of likely N-dealkylation sites (N-methyl/N-ethyl adjacent to an activating group) is 1. The Kier molecular flexibility index (Phi) is 4.09. The topological polar surface area (TPSA) is 78.0 Å². The molecule has 0 saturated heterocycles. The van der Waals surface area contributed by atoms with Crippen molar-refractivity contribution in [3.05, 3.63) is 17.8 Å². The number of anilines is 2. The molecular weight excluding hydrogens is 202 g/mol. The SMILES string of the molecule is CC(CN(C)C)Nc1nccc(C#N)c1N. The monoisotopic (exact) mass is 219 g/mol. The van der Waals surface area contributed by atoms with E-state index in [0.29, 0.717) is 17.1 Å². The third kappa shape index (κ3) is 3.11. The molecule has 1 heterocycles. The van der Waals surface area contributed by atoms with Gasteiger partial charge in [0.1, 0.15) is 6.07 Å². The molecule has 1 rings (SSSR count). The minimum Gasteiger partial charge on any atom is -0.395 e. The number of rotatable bonds is 4. The summed E-state index contributed by atoms with van der Waals surface area (Å²) in [4.78, 5) is 6.20. The molecule has 0 aromatic carbocycles. The van der Waals surface area contributed by atoms with E-state index in [9.17, 15) is 0 Å². The van der Waals surface area contributed by atoms with E-state index < -0.39 is 0 Å². The zero-order valence-corrected chi connectivity index (χ0v) is 9.86. The van der Waals surface area contributed by atoms with Crippen molar-refractivity contribution in [2.75, 3.05) is 31.7 Å². The maximum atomic E-state index is 8.83. The van der Waals surface area contributed by atoms with Gasteiger partial charge in [0.25, 0.3) is 0 Å². The second-order valence-electron chi connectivity index (χ2n) is 4.04. The highest BCUT2D eigenvalue weighted by Crippen LogP contribution is 2.19. The van der Waals surface area contributed by atoms with Crippen LogP contribution in [0.5, 0.6) is 0 Å². The molecule has 86 valence electrons. The molecule has 0 aliphatic carbocycles. The van der Waals surface area contributed by atoms with E-state index in [0.717, 1.165) is 6.54 Å². The van der Waals surface area contributed by atoms with Gasteiger partial charge in [0.2, 0.25) is 0 Å². The summed E-state index contributed by atoms with van der Waals surface area (Å²) in [6, 6.07) is 3.86. The first-order chi connectivity index (χ1) is 7.54. The number of nitriles is 1. The molecule has 1 aromatic heterocycles. The molecule has 0 saturated carbocycles. The van der Waals surface area contributed by atoms with Crippen LogP contribution in [0.1, 0.15) is 12.5 Å². The van der Waals surface area contributed by atoms with Crippen LogP contribution in [-0.4, -0.2) is 36.6 Å². The lowest BCUT2D eigenvalue weighted by Crippen LogP contribution is -2.30. The summed E-state index contributed by atoms with van der Waals surface area (Å²) in [6.45, 7) is 2.91. The Morgan fingerprint density at radius 1 is 1.62 bits per heavy atom. The van der Waals surface area contributed by atoms with Crippen molar-refractivity contribution >= 4 is 11.5 Å². The quantitative estimate of drug-likeness (QED) is 0.786. The fourth-order valence-electron chi connectivity index (χ4n) is 1.51. The second-order valence-corrected chi connectivity index (χ2v) is 4.04. The number of nitrogens with zero attached hydrogens (tertiary/aromatic N) is 3. The molecule has 0 fully saturated rings. The second kappa shape index (κ2) is 5.33. The van der Waals surface area contributed by atoms with Gasteiger partial charge < -0.3 is 16.0 Å². The van der Waals surface area contributed by atoms with E-state index in [2.05, 4.69) is 15.2 Å². The van der Waals surface area contributed by atoms with Crippen LogP contribution in [0.4, 0.5) is 11.5 Å². The molecule has 0 amide bonds. The molecule has 1 aromatic rings. The zero-order chi connectivity index (χ0) is 12.1. The summed E-state index contributed by atoms with van der Waals surface area (Å²) < 4.78 is 0. The van der Waals surface area contributed by atoms with E-state index in [1.54, 1.807) is 12.3 Å². The van der Waals surface area contributed by atoms with E-state index in [-0.39, 0.29) is 6.04 Å². The Balaban J connectivity index is 2.78. The first-order valence-electron chi connectivity index (χ1n) is 5.10. The van der Waals surface area contributed by atoms with Crippen molar-refractivity contribution < 1.29 is 0 Å². The average molecular weight is 219 g/mol. The third-order valence-electron chi connectivity index (χ3n) is 2.13. The number of nitrogens with one attached hydrogen (secondary N) is 1. The number of hydrogen-bond donors (Lipinski definition) is 2. The first kappa shape index (κ1) is 12.3. The molecule has 1 unspecified atom stereocenters. The van der Waals surface area contributed by atoms with Gasteiger partial charge in [-0.15, -0.1) is 0 Å². The number of hydrogen-bond acceptors (Lipinski definition) is 5. The van der Waals surface area contributed by atoms with Gasteiger partial charge in [0.05, 0.1) is 11.3 Å². The predicted molar refractivity (Wildman–Crippen MR) is 65.0 cm³/mol. The van der Waals surface area contributed by atoms with Crippen LogP contribution in [0.15, 0.2) is 12.3 Å². The van der Waals surface area contributed by atoms with Crippen molar-refractivity contribution in [3.63, 3.8) is 0 Å². The summed E-state index contributed by atoms with van der Waals surface area (Å²) in [7, 11) is 4.00. The van der Waals surface area contributed by atoms with Crippen LogP contribution in [0.3, 0.4) is 0 Å². The van der Waals surface area contributed by atoms with Crippen molar-refractivity contribution in [1.29, 1.82) is 5.26 Å². The van der Waals surface area contributed by atoms with Crippen molar-refractivity contribution in [2.45, 2.75) is 13.0 Å². The third-order valence-corrected chi connectivity index (χ3v) is 2.13. The minimum absolute atomic E-state index is 0.221. The molecule has 0 spiro atoms. The van der Waals surface area contributed by atoms with Crippen LogP contribution < -0.4 is 11.1 Å². The maximum absolute atomic E-state index is 8.83. The van der Waals surface area contributed by atoms with E-state index >= 15 is 0 Å². The molecule has 0 bridgehead atoms. The smallest absolute Gasteiger partial charge is 0.150 e. The van der Waals surface area contributed by atoms with Crippen LogP contribution in [0.2, 0.25) is 0 Å². The summed E-state index contributed by atoms with van der Waals surface area (Å²) >= 11 is 0. The van der Waals surface area contributed by atoms with E-state index in [4.69, 9.17) is 11.0 Å². The van der Waals surface area contributed by atoms with Crippen LogP contribution in [-0.2, 0) is 0 Å². The molecule has 0 aliphatic rings. The lowest BCUT2D eigenvalue weighted by atomic mass is 10.2.